The molecule has 0 bridgehead atoms. The fraction of sp³-hybridized carbons (Fsp3) is 0.900. The van der Waals surface area contributed by atoms with Crippen molar-refractivity contribution in [2.24, 2.45) is 0 Å². The van der Waals surface area contributed by atoms with E-state index in [1.54, 1.807) is 0 Å². The topological polar surface area (TPSA) is 49.8 Å². The van der Waals surface area contributed by atoms with E-state index >= 15 is 0 Å². The minimum Gasteiger partial charge on any atom is -0.394 e. The molecule has 1 N–H and O–H groups in total. The monoisotopic (exact) mass is 279 g/mol. The highest BCUT2D eigenvalue weighted by atomic mass is 79.9. The number of carbonyl (C=O) groups is 1. The van der Waals surface area contributed by atoms with Crippen molar-refractivity contribution in [3.8, 4) is 0 Å². The lowest BCUT2D eigenvalue weighted by atomic mass is 10.1. The molecule has 0 aromatic carbocycles. The Bertz CT molecular complexity index is 203. The third-order valence-electron chi connectivity index (χ3n) is 2.54. The SMILES string of the molecule is CC(Br)C(=O)N1CCC(OCCO)CC1. The van der Waals surface area contributed by atoms with Gasteiger partial charge in [0.2, 0.25) is 5.91 Å². The molecule has 0 aromatic rings. The van der Waals surface area contributed by atoms with Gasteiger partial charge in [-0.15, -0.1) is 0 Å². The van der Waals surface area contributed by atoms with Crippen LogP contribution in [0.2, 0.25) is 0 Å². The van der Waals surface area contributed by atoms with E-state index in [0.29, 0.717) is 6.61 Å². The third kappa shape index (κ3) is 4.09. The van der Waals surface area contributed by atoms with Gasteiger partial charge in [-0.2, -0.15) is 0 Å². The second kappa shape index (κ2) is 6.45. The Morgan fingerprint density at radius 3 is 2.67 bits per heavy atom. The summed E-state index contributed by atoms with van der Waals surface area (Å²) in [6.45, 7) is 3.82. The molecule has 5 heteroatoms. The van der Waals surface area contributed by atoms with Gasteiger partial charge in [-0.1, -0.05) is 15.9 Å². The van der Waals surface area contributed by atoms with Gasteiger partial charge in [0, 0.05) is 13.1 Å². The molecule has 0 aromatic heterocycles. The molecule has 1 rings (SSSR count). The minimum absolute atomic E-state index is 0.0670. The number of ether oxygens (including phenoxy) is 1. The Morgan fingerprint density at radius 1 is 1.60 bits per heavy atom. The van der Waals surface area contributed by atoms with Crippen molar-refractivity contribution in [2.45, 2.75) is 30.7 Å². The number of hydrogen-bond acceptors (Lipinski definition) is 3. The van der Waals surface area contributed by atoms with Crippen molar-refractivity contribution in [3.05, 3.63) is 0 Å². The molecular weight excluding hydrogens is 262 g/mol. The summed E-state index contributed by atoms with van der Waals surface area (Å²) in [5, 5.41) is 8.61. The number of aliphatic hydroxyl groups excluding tert-OH is 1. The zero-order valence-electron chi connectivity index (χ0n) is 8.99. The molecular formula is C10H18BrNO3. The highest BCUT2D eigenvalue weighted by molar-refractivity contribution is 9.10. The summed E-state index contributed by atoms with van der Waals surface area (Å²) in [5.41, 5.74) is 0. The van der Waals surface area contributed by atoms with Crippen LogP contribution in [-0.4, -0.2) is 53.1 Å². The molecule has 1 atom stereocenters. The van der Waals surface area contributed by atoms with Crippen LogP contribution in [-0.2, 0) is 9.53 Å². The Labute approximate surface area is 98.7 Å². The molecule has 0 saturated carbocycles. The number of carbonyl (C=O) groups excluding carboxylic acids is 1. The van der Waals surface area contributed by atoms with Crippen LogP contribution in [0.3, 0.4) is 0 Å². The number of nitrogens with zero attached hydrogens (tertiary/aromatic N) is 1. The van der Waals surface area contributed by atoms with Gasteiger partial charge in [-0.3, -0.25) is 4.79 Å². The lowest BCUT2D eigenvalue weighted by Gasteiger charge is -2.32. The fourth-order valence-corrected chi connectivity index (χ4v) is 2.00. The number of halogens is 1. The van der Waals surface area contributed by atoms with Gasteiger partial charge < -0.3 is 14.7 Å². The highest BCUT2D eigenvalue weighted by Gasteiger charge is 2.24. The van der Waals surface area contributed by atoms with Gasteiger partial charge in [-0.25, -0.2) is 0 Å². The Morgan fingerprint density at radius 2 is 2.20 bits per heavy atom. The third-order valence-corrected chi connectivity index (χ3v) is 2.93. The lowest BCUT2D eigenvalue weighted by molar-refractivity contribution is -0.132. The van der Waals surface area contributed by atoms with Crippen molar-refractivity contribution >= 4 is 21.8 Å². The Kier molecular flexibility index (Phi) is 5.56. The highest BCUT2D eigenvalue weighted by Crippen LogP contribution is 2.15. The summed E-state index contributed by atoms with van der Waals surface area (Å²) in [6, 6.07) is 0. The second-order valence-electron chi connectivity index (χ2n) is 3.74. The molecule has 0 spiro atoms. The maximum absolute atomic E-state index is 11.6. The number of aliphatic hydroxyl groups is 1. The van der Waals surface area contributed by atoms with Crippen LogP contribution >= 0.6 is 15.9 Å². The van der Waals surface area contributed by atoms with Crippen molar-refractivity contribution in [2.75, 3.05) is 26.3 Å². The lowest BCUT2D eigenvalue weighted by Crippen LogP contribution is -2.43. The molecule has 1 unspecified atom stereocenters. The van der Waals surface area contributed by atoms with Crippen LogP contribution in [0.1, 0.15) is 19.8 Å². The molecule has 1 saturated heterocycles. The van der Waals surface area contributed by atoms with E-state index in [4.69, 9.17) is 9.84 Å². The van der Waals surface area contributed by atoms with Crippen molar-refractivity contribution in [3.63, 3.8) is 0 Å². The number of amides is 1. The van der Waals surface area contributed by atoms with Crippen LogP contribution in [0.4, 0.5) is 0 Å². The summed E-state index contributed by atoms with van der Waals surface area (Å²) < 4.78 is 5.42. The summed E-state index contributed by atoms with van der Waals surface area (Å²) in [6.07, 6.45) is 1.93. The number of hydrogen-bond donors (Lipinski definition) is 1. The van der Waals surface area contributed by atoms with Crippen LogP contribution in [0.25, 0.3) is 0 Å². The molecule has 1 heterocycles. The average Bonchev–Trinajstić information content (AvgIpc) is 2.26. The number of rotatable bonds is 4. The van der Waals surface area contributed by atoms with E-state index in [9.17, 15) is 4.79 Å². The quantitative estimate of drug-likeness (QED) is 0.774. The van der Waals surface area contributed by atoms with Crippen LogP contribution < -0.4 is 0 Å². The molecule has 15 heavy (non-hydrogen) atoms. The molecule has 1 fully saturated rings. The average molecular weight is 280 g/mol. The maximum Gasteiger partial charge on any atom is 0.236 e. The standard InChI is InChI=1S/C10H18BrNO3/c1-8(11)10(14)12-4-2-9(3-5-12)15-7-6-13/h8-9,13H,2-7H2,1H3. The number of alkyl halides is 1. The van der Waals surface area contributed by atoms with Crippen LogP contribution in [0, 0.1) is 0 Å². The van der Waals surface area contributed by atoms with E-state index < -0.39 is 0 Å². The van der Waals surface area contributed by atoms with Gasteiger partial charge >= 0.3 is 0 Å². The molecule has 88 valence electrons. The predicted octanol–water partition coefficient (Wildman–Crippen LogP) is 0.770. The normalized spacial score (nSPS) is 20.3. The smallest absolute Gasteiger partial charge is 0.236 e. The van der Waals surface area contributed by atoms with Gasteiger partial charge in [0.25, 0.3) is 0 Å². The van der Waals surface area contributed by atoms with E-state index in [2.05, 4.69) is 15.9 Å². The zero-order chi connectivity index (χ0) is 11.3. The van der Waals surface area contributed by atoms with Gasteiger partial charge in [0.1, 0.15) is 0 Å². The van der Waals surface area contributed by atoms with Crippen LogP contribution in [0.15, 0.2) is 0 Å². The first kappa shape index (κ1) is 12.9. The van der Waals surface area contributed by atoms with E-state index in [1.165, 1.54) is 0 Å². The van der Waals surface area contributed by atoms with Crippen LogP contribution in [0.5, 0.6) is 0 Å². The zero-order valence-corrected chi connectivity index (χ0v) is 10.6. The van der Waals surface area contributed by atoms with Crippen molar-refractivity contribution in [1.29, 1.82) is 0 Å². The number of likely N-dealkylation sites (tertiary alicyclic amines) is 1. The van der Waals surface area contributed by atoms with Gasteiger partial charge in [-0.05, 0) is 19.8 Å². The molecule has 0 aliphatic carbocycles. The Hall–Kier alpha value is -0.130. The van der Waals surface area contributed by atoms with E-state index in [0.717, 1.165) is 25.9 Å². The molecule has 1 aliphatic rings. The first-order valence-corrected chi connectivity index (χ1v) is 6.22. The molecule has 4 nitrogen and oxygen atoms in total. The fourth-order valence-electron chi connectivity index (χ4n) is 1.71. The Balaban J connectivity index is 2.26. The van der Waals surface area contributed by atoms with Crippen molar-refractivity contribution in [1.82, 2.24) is 4.90 Å². The largest absolute Gasteiger partial charge is 0.394 e. The van der Waals surface area contributed by atoms with E-state index in [1.807, 2.05) is 11.8 Å². The molecule has 1 amide bonds. The summed E-state index contributed by atoms with van der Waals surface area (Å²) >= 11 is 3.28. The maximum atomic E-state index is 11.6. The molecule has 1 aliphatic heterocycles. The summed E-state index contributed by atoms with van der Waals surface area (Å²) in [5.74, 6) is 0.149. The van der Waals surface area contributed by atoms with Gasteiger partial charge in [0.15, 0.2) is 0 Å². The first-order valence-electron chi connectivity index (χ1n) is 5.30. The van der Waals surface area contributed by atoms with E-state index in [-0.39, 0.29) is 23.4 Å². The first-order chi connectivity index (χ1) is 7.15. The second-order valence-corrected chi connectivity index (χ2v) is 5.11. The summed E-state index contributed by atoms with van der Waals surface area (Å²) in [4.78, 5) is 13.4. The molecule has 0 radical (unpaired) electrons. The van der Waals surface area contributed by atoms with Crippen molar-refractivity contribution < 1.29 is 14.6 Å². The number of piperidine rings is 1. The summed E-state index contributed by atoms with van der Waals surface area (Å²) in [7, 11) is 0. The predicted molar refractivity (Wildman–Crippen MR) is 61.0 cm³/mol. The minimum atomic E-state index is -0.104. The van der Waals surface area contributed by atoms with Gasteiger partial charge in [0.05, 0.1) is 24.1 Å².